The van der Waals surface area contributed by atoms with Gasteiger partial charge in [0, 0.05) is 38.6 Å². The summed E-state index contributed by atoms with van der Waals surface area (Å²) in [6.07, 6.45) is 14.3. The molecule has 2 aliphatic rings. The van der Waals surface area contributed by atoms with Crippen LogP contribution in [-0.4, -0.2) is 51.2 Å². The van der Waals surface area contributed by atoms with Gasteiger partial charge < -0.3 is 19.6 Å². The van der Waals surface area contributed by atoms with Crippen LogP contribution in [0, 0.1) is 11.6 Å². The zero-order chi connectivity index (χ0) is 28.9. The maximum absolute atomic E-state index is 13.5. The molecule has 4 heterocycles. The van der Waals surface area contributed by atoms with Gasteiger partial charge in [0.1, 0.15) is 0 Å². The number of aromatic nitrogens is 4. The molecule has 0 bridgehead atoms. The van der Waals surface area contributed by atoms with Crippen molar-refractivity contribution in [2.24, 2.45) is 0 Å². The zero-order valence-corrected chi connectivity index (χ0v) is 24.3. The Morgan fingerprint density at radius 3 is 1.56 bits per heavy atom. The van der Waals surface area contributed by atoms with Crippen molar-refractivity contribution in [1.82, 2.24) is 19.9 Å². The first-order chi connectivity index (χ1) is 20.0. The quantitative estimate of drug-likeness (QED) is 0.255. The molecule has 1 N–H and O–H groups in total. The van der Waals surface area contributed by atoms with E-state index in [1.807, 2.05) is 0 Å². The highest BCUT2D eigenvalue weighted by Gasteiger charge is 2.14. The summed E-state index contributed by atoms with van der Waals surface area (Å²) in [5, 5.41) is 8.54. The standard InChI is InChI=1S/C15H16FN3O.C9H12BrN3.C6H5FO/c16-13-6-2-3-7-14(13)20-12-10-17-15(18-11-12)19-8-4-1-5-9-19;10-8-6-11-9(12-7-8)13-4-2-1-3-5-13;7-5-3-1-2-4-6(5)8/h2-3,6-7,10-11H,1,4-5,8-9H2;6-7H,1-5H2;1-4,8H. The smallest absolute Gasteiger partial charge is 0.225 e. The molecule has 0 amide bonds. The Morgan fingerprint density at radius 2 is 1.10 bits per heavy atom. The summed E-state index contributed by atoms with van der Waals surface area (Å²) >= 11 is 3.33. The molecule has 0 saturated carbocycles. The number of nitrogens with zero attached hydrogens (tertiary/aromatic N) is 6. The van der Waals surface area contributed by atoms with Crippen LogP contribution >= 0.6 is 15.9 Å². The molecule has 41 heavy (non-hydrogen) atoms. The topological polar surface area (TPSA) is 87.5 Å². The number of piperidine rings is 2. The number of para-hydroxylation sites is 2. The van der Waals surface area contributed by atoms with Crippen molar-refractivity contribution in [3.8, 4) is 17.2 Å². The average Bonchev–Trinajstić information content (AvgIpc) is 3.02. The van der Waals surface area contributed by atoms with Gasteiger partial charge in [-0.25, -0.2) is 28.7 Å². The van der Waals surface area contributed by atoms with Crippen LogP contribution in [-0.2, 0) is 0 Å². The molecule has 2 aromatic heterocycles. The van der Waals surface area contributed by atoms with Crippen LogP contribution in [0.1, 0.15) is 38.5 Å². The monoisotopic (exact) mass is 626 g/mol. The lowest BCUT2D eigenvalue weighted by atomic mass is 10.1. The number of hydrogen-bond donors (Lipinski definition) is 1. The van der Waals surface area contributed by atoms with Crippen LogP contribution in [0.2, 0.25) is 0 Å². The Morgan fingerprint density at radius 1 is 0.634 bits per heavy atom. The fraction of sp³-hybridized carbons (Fsp3) is 0.333. The molecule has 2 aliphatic heterocycles. The molecule has 2 fully saturated rings. The van der Waals surface area contributed by atoms with Crippen LogP contribution in [0.3, 0.4) is 0 Å². The van der Waals surface area contributed by atoms with E-state index < -0.39 is 11.6 Å². The van der Waals surface area contributed by atoms with Gasteiger partial charge in [-0.05, 0) is 78.7 Å². The highest BCUT2D eigenvalue weighted by Crippen LogP contribution is 2.24. The van der Waals surface area contributed by atoms with E-state index >= 15 is 0 Å². The van der Waals surface area contributed by atoms with Crippen molar-refractivity contribution in [2.45, 2.75) is 38.5 Å². The van der Waals surface area contributed by atoms with Gasteiger partial charge in [0.25, 0.3) is 0 Å². The SMILES string of the molecule is Brc1cnc(N2CCCCC2)nc1.Fc1ccccc1Oc1cnc(N2CCCCC2)nc1.Oc1ccccc1F. The maximum atomic E-state index is 13.5. The fourth-order valence-electron chi connectivity index (χ4n) is 4.29. The molecule has 6 rings (SSSR count). The first-order valence-electron chi connectivity index (χ1n) is 13.6. The molecule has 11 heteroatoms. The zero-order valence-electron chi connectivity index (χ0n) is 22.7. The number of hydrogen-bond acceptors (Lipinski definition) is 8. The largest absolute Gasteiger partial charge is 0.505 e. The van der Waals surface area contributed by atoms with Gasteiger partial charge in [0.2, 0.25) is 11.9 Å². The number of aromatic hydroxyl groups is 1. The summed E-state index contributed by atoms with van der Waals surface area (Å²) in [7, 11) is 0. The van der Waals surface area contributed by atoms with E-state index in [0.29, 0.717) is 11.7 Å². The number of phenolic OH excluding ortho intramolecular Hbond substituents is 1. The lowest BCUT2D eigenvalue weighted by molar-refractivity contribution is 0.432. The van der Waals surface area contributed by atoms with Crippen molar-refractivity contribution in [2.75, 3.05) is 36.0 Å². The number of halogens is 3. The average molecular weight is 628 g/mol. The Bertz CT molecular complexity index is 1310. The van der Waals surface area contributed by atoms with Gasteiger partial charge in [-0.15, -0.1) is 0 Å². The molecule has 4 aromatic rings. The van der Waals surface area contributed by atoms with Gasteiger partial charge in [-0.1, -0.05) is 24.3 Å². The molecule has 0 radical (unpaired) electrons. The van der Waals surface area contributed by atoms with Crippen molar-refractivity contribution >= 4 is 27.8 Å². The molecule has 2 saturated heterocycles. The first-order valence-corrected chi connectivity index (χ1v) is 14.4. The molecule has 0 atom stereocenters. The van der Waals surface area contributed by atoms with E-state index in [2.05, 4.69) is 45.7 Å². The summed E-state index contributed by atoms with van der Waals surface area (Å²) < 4.78 is 31.9. The summed E-state index contributed by atoms with van der Waals surface area (Å²) in [6.45, 7) is 4.18. The van der Waals surface area contributed by atoms with E-state index in [-0.39, 0.29) is 11.5 Å². The summed E-state index contributed by atoms with van der Waals surface area (Å²) in [6, 6.07) is 11.9. The number of anilines is 2. The predicted octanol–water partition coefficient (Wildman–Crippen LogP) is 7.16. The van der Waals surface area contributed by atoms with Gasteiger partial charge in [0.05, 0.1) is 16.9 Å². The molecular weight excluding hydrogens is 594 g/mol. The lowest BCUT2D eigenvalue weighted by Crippen LogP contribution is -2.30. The maximum Gasteiger partial charge on any atom is 0.225 e. The van der Waals surface area contributed by atoms with Gasteiger partial charge in [-0.2, -0.15) is 0 Å². The second-order valence-electron chi connectivity index (χ2n) is 9.50. The van der Waals surface area contributed by atoms with Gasteiger partial charge >= 0.3 is 0 Å². The molecule has 8 nitrogen and oxygen atoms in total. The van der Waals surface area contributed by atoms with E-state index in [0.717, 1.165) is 36.6 Å². The van der Waals surface area contributed by atoms with Crippen molar-refractivity contribution < 1.29 is 18.6 Å². The highest BCUT2D eigenvalue weighted by atomic mass is 79.9. The lowest BCUT2D eigenvalue weighted by Gasteiger charge is -2.26. The predicted molar refractivity (Wildman–Crippen MR) is 158 cm³/mol. The Hall–Kier alpha value is -3.86. The van der Waals surface area contributed by atoms with Crippen LogP contribution in [0.15, 0.2) is 77.8 Å². The molecule has 0 aliphatic carbocycles. The first kappa shape index (κ1) is 30.1. The Balaban J connectivity index is 0.000000158. The second kappa shape index (κ2) is 15.8. The molecule has 0 spiro atoms. The molecule has 2 aromatic carbocycles. The van der Waals surface area contributed by atoms with Crippen LogP contribution < -0.4 is 14.5 Å². The van der Waals surface area contributed by atoms with Crippen molar-refractivity contribution in [3.63, 3.8) is 0 Å². The number of phenols is 1. The van der Waals surface area contributed by atoms with Crippen molar-refractivity contribution in [3.05, 3.63) is 89.4 Å². The highest BCUT2D eigenvalue weighted by molar-refractivity contribution is 9.10. The van der Waals surface area contributed by atoms with E-state index in [1.54, 1.807) is 49.1 Å². The summed E-state index contributed by atoms with van der Waals surface area (Å²) in [5.41, 5.74) is 0. The molecular formula is C30H33BrF2N6O2. The van der Waals surface area contributed by atoms with Crippen LogP contribution in [0.25, 0.3) is 0 Å². The Kier molecular flexibility index (Phi) is 11.6. The second-order valence-corrected chi connectivity index (χ2v) is 10.4. The third-order valence-corrected chi connectivity index (χ3v) is 6.83. The summed E-state index contributed by atoms with van der Waals surface area (Å²) in [4.78, 5) is 21.5. The molecule has 0 unspecified atom stereocenters. The van der Waals surface area contributed by atoms with Crippen LogP contribution in [0.5, 0.6) is 17.2 Å². The fourth-order valence-corrected chi connectivity index (χ4v) is 4.49. The number of ether oxygens (including phenoxy) is 1. The summed E-state index contributed by atoms with van der Waals surface area (Å²) in [5.74, 6) is 0.929. The van der Waals surface area contributed by atoms with E-state index in [4.69, 9.17) is 9.84 Å². The number of rotatable bonds is 4. The minimum Gasteiger partial charge on any atom is -0.505 e. The molecule has 216 valence electrons. The van der Waals surface area contributed by atoms with E-state index in [1.165, 1.54) is 62.8 Å². The third-order valence-electron chi connectivity index (χ3n) is 6.42. The minimum atomic E-state index is -0.576. The normalized spacial score (nSPS) is 14.7. The third kappa shape index (κ3) is 9.63. The van der Waals surface area contributed by atoms with Crippen LogP contribution in [0.4, 0.5) is 20.7 Å². The Labute approximate surface area is 247 Å². The van der Waals surface area contributed by atoms with Crippen molar-refractivity contribution in [1.29, 1.82) is 0 Å². The van der Waals surface area contributed by atoms with Gasteiger partial charge in [0.15, 0.2) is 28.9 Å². The minimum absolute atomic E-state index is 0.182. The van der Waals surface area contributed by atoms with Gasteiger partial charge in [-0.3, -0.25) is 0 Å². The van der Waals surface area contributed by atoms with E-state index in [9.17, 15) is 8.78 Å². The number of benzene rings is 2.